The molecule has 0 spiro atoms. The van der Waals surface area contributed by atoms with E-state index < -0.39 is 0 Å². The fourth-order valence-electron chi connectivity index (χ4n) is 2.71. The first-order valence-corrected chi connectivity index (χ1v) is 7.63. The Kier molecular flexibility index (Phi) is 5.18. The molecule has 1 fully saturated rings. The van der Waals surface area contributed by atoms with Gasteiger partial charge in [-0.2, -0.15) is 0 Å². The van der Waals surface area contributed by atoms with Crippen LogP contribution < -0.4 is 10.6 Å². The number of carbonyl (C=O) groups is 1. The van der Waals surface area contributed by atoms with Crippen LogP contribution in [0.15, 0.2) is 24.3 Å². The van der Waals surface area contributed by atoms with Gasteiger partial charge in [0.1, 0.15) is 0 Å². The number of piperidine rings is 1. The van der Waals surface area contributed by atoms with Crippen molar-refractivity contribution in [3.63, 3.8) is 0 Å². The predicted octanol–water partition coefficient (Wildman–Crippen LogP) is 2.67. The van der Waals surface area contributed by atoms with E-state index in [9.17, 15) is 4.79 Å². The molecule has 1 aromatic carbocycles. The van der Waals surface area contributed by atoms with Crippen LogP contribution in [0.3, 0.4) is 0 Å². The van der Waals surface area contributed by atoms with Crippen LogP contribution in [-0.4, -0.2) is 19.0 Å². The topological polar surface area (TPSA) is 41.1 Å². The molecular formula is C17H26N2O. The minimum atomic E-state index is 0.119. The number of hydrogen-bond acceptors (Lipinski definition) is 2. The molecule has 0 saturated carbocycles. The molecule has 3 heteroatoms. The summed E-state index contributed by atoms with van der Waals surface area (Å²) in [6.45, 7) is 9.03. The lowest BCUT2D eigenvalue weighted by atomic mass is 9.91. The van der Waals surface area contributed by atoms with Gasteiger partial charge in [0.15, 0.2) is 0 Å². The van der Waals surface area contributed by atoms with Crippen molar-refractivity contribution in [2.45, 2.75) is 39.7 Å². The molecule has 0 aromatic heterocycles. The zero-order valence-corrected chi connectivity index (χ0v) is 12.8. The molecule has 0 radical (unpaired) electrons. The van der Waals surface area contributed by atoms with E-state index in [1.807, 2.05) is 0 Å². The second kappa shape index (κ2) is 6.89. The lowest BCUT2D eigenvalue weighted by Gasteiger charge is -2.26. The Morgan fingerprint density at radius 3 is 2.60 bits per heavy atom. The molecule has 1 aromatic rings. The Labute approximate surface area is 122 Å². The van der Waals surface area contributed by atoms with Crippen molar-refractivity contribution < 1.29 is 4.79 Å². The molecule has 20 heavy (non-hydrogen) atoms. The summed E-state index contributed by atoms with van der Waals surface area (Å²) in [5.74, 6) is 1.43. The minimum absolute atomic E-state index is 0.119. The number of rotatable bonds is 4. The summed E-state index contributed by atoms with van der Waals surface area (Å²) in [6, 6.07) is 8.52. The van der Waals surface area contributed by atoms with Crippen LogP contribution in [0.4, 0.5) is 0 Å². The normalized spacial score (nSPS) is 22.8. The highest BCUT2D eigenvalue weighted by atomic mass is 16.1. The first kappa shape index (κ1) is 15.0. The second-order valence-electron chi connectivity index (χ2n) is 6.31. The van der Waals surface area contributed by atoms with E-state index in [0.29, 0.717) is 18.4 Å². The van der Waals surface area contributed by atoms with Gasteiger partial charge in [-0.25, -0.2) is 0 Å². The number of benzene rings is 1. The van der Waals surface area contributed by atoms with Crippen LogP contribution in [-0.2, 0) is 11.3 Å². The number of carbonyl (C=O) groups excluding carboxylic acids is 1. The molecule has 2 N–H and O–H groups in total. The standard InChI is InChI=1S/C17H26N2O/c1-12(2)15-6-4-14(5-7-15)10-19-17(20)16-8-13(3)9-18-11-16/h4-7,12-13,16,18H,8-11H2,1-3H3,(H,19,20). The number of hydrogen-bond donors (Lipinski definition) is 2. The van der Waals surface area contributed by atoms with Crippen molar-refractivity contribution >= 4 is 5.91 Å². The van der Waals surface area contributed by atoms with Crippen molar-refractivity contribution in [1.29, 1.82) is 0 Å². The van der Waals surface area contributed by atoms with E-state index in [1.165, 1.54) is 11.1 Å². The van der Waals surface area contributed by atoms with Crippen molar-refractivity contribution in [3.05, 3.63) is 35.4 Å². The van der Waals surface area contributed by atoms with Gasteiger partial charge in [0, 0.05) is 13.1 Å². The Morgan fingerprint density at radius 2 is 2.00 bits per heavy atom. The molecule has 1 saturated heterocycles. The van der Waals surface area contributed by atoms with Crippen molar-refractivity contribution in [1.82, 2.24) is 10.6 Å². The SMILES string of the molecule is CC1CNCC(C(=O)NCc2ccc(C(C)C)cc2)C1. The Morgan fingerprint density at radius 1 is 1.30 bits per heavy atom. The average Bonchev–Trinajstić information content (AvgIpc) is 2.45. The smallest absolute Gasteiger partial charge is 0.224 e. The molecule has 1 heterocycles. The largest absolute Gasteiger partial charge is 0.352 e. The highest BCUT2D eigenvalue weighted by molar-refractivity contribution is 5.79. The average molecular weight is 274 g/mol. The lowest BCUT2D eigenvalue weighted by Crippen LogP contribution is -2.43. The van der Waals surface area contributed by atoms with E-state index in [1.54, 1.807) is 0 Å². The van der Waals surface area contributed by atoms with Gasteiger partial charge in [-0.15, -0.1) is 0 Å². The zero-order chi connectivity index (χ0) is 14.5. The van der Waals surface area contributed by atoms with Crippen molar-refractivity contribution in [2.24, 2.45) is 11.8 Å². The Balaban J connectivity index is 1.83. The molecule has 2 rings (SSSR count). The summed E-state index contributed by atoms with van der Waals surface area (Å²) in [7, 11) is 0. The summed E-state index contributed by atoms with van der Waals surface area (Å²) >= 11 is 0. The third-order valence-electron chi connectivity index (χ3n) is 4.05. The maximum atomic E-state index is 12.1. The zero-order valence-electron chi connectivity index (χ0n) is 12.8. The Hall–Kier alpha value is -1.35. The maximum absolute atomic E-state index is 12.1. The van der Waals surface area contributed by atoms with E-state index in [0.717, 1.165) is 19.5 Å². The molecule has 1 aliphatic heterocycles. The lowest BCUT2D eigenvalue weighted by molar-refractivity contribution is -0.126. The highest BCUT2D eigenvalue weighted by Crippen LogP contribution is 2.17. The van der Waals surface area contributed by atoms with Gasteiger partial charge < -0.3 is 10.6 Å². The van der Waals surface area contributed by atoms with Crippen LogP contribution in [0, 0.1) is 11.8 Å². The fourth-order valence-corrected chi connectivity index (χ4v) is 2.71. The first-order chi connectivity index (χ1) is 9.56. The van der Waals surface area contributed by atoms with Crippen LogP contribution in [0.2, 0.25) is 0 Å². The van der Waals surface area contributed by atoms with Gasteiger partial charge in [0.05, 0.1) is 5.92 Å². The van der Waals surface area contributed by atoms with Gasteiger partial charge in [0.25, 0.3) is 0 Å². The quantitative estimate of drug-likeness (QED) is 0.886. The molecule has 2 atom stereocenters. The fraction of sp³-hybridized carbons (Fsp3) is 0.588. The van der Waals surface area contributed by atoms with E-state index in [4.69, 9.17) is 0 Å². The summed E-state index contributed by atoms with van der Waals surface area (Å²) in [5, 5.41) is 6.38. The van der Waals surface area contributed by atoms with Gasteiger partial charge in [-0.1, -0.05) is 45.0 Å². The molecule has 110 valence electrons. The van der Waals surface area contributed by atoms with E-state index in [2.05, 4.69) is 55.7 Å². The minimum Gasteiger partial charge on any atom is -0.352 e. The summed E-state index contributed by atoms with van der Waals surface area (Å²) < 4.78 is 0. The van der Waals surface area contributed by atoms with Crippen LogP contribution in [0.25, 0.3) is 0 Å². The van der Waals surface area contributed by atoms with Crippen LogP contribution in [0.5, 0.6) is 0 Å². The number of nitrogens with one attached hydrogen (secondary N) is 2. The van der Waals surface area contributed by atoms with Gasteiger partial charge in [-0.3, -0.25) is 4.79 Å². The third kappa shape index (κ3) is 4.07. The molecule has 1 amide bonds. The van der Waals surface area contributed by atoms with E-state index >= 15 is 0 Å². The molecular weight excluding hydrogens is 248 g/mol. The maximum Gasteiger partial charge on any atom is 0.224 e. The van der Waals surface area contributed by atoms with Gasteiger partial charge in [0.2, 0.25) is 5.91 Å². The third-order valence-corrected chi connectivity index (χ3v) is 4.05. The van der Waals surface area contributed by atoms with Gasteiger partial charge in [-0.05, 0) is 35.9 Å². The predicted molar refractivity (Wildman–Crippen MR) is 82.5 cm³/mol. The van der Waals surface area contributed by atoms with Crippen LogP contribution >= 0.6 is 0 Å². The number of amides is 1. The second-order valence-corrected chi connectivity index (χ2v) is 6.31. The first-order valence-electron chi connectivity index (χ1n) is 7.63. The monoisotopic (exact) mass is 274 g/mol. The molecule has 1 aliphatic rings. The van der Waals surface area contributed by atoms with Crippen LogP contribution in [0.1, 0.15) is 44.2 Å². The highest BCUT2D eigenvalue weighted by Gasteiger charge is 2.24. The van der Waals surface area contributed by atoms with Crippen molar-refractivity contribution in [2.75, 3.05) is 13.1 Å². The molecule has 0 bridgehead atoms. The molecule has 2 unspecified atom stereocenters. The van der Waals surface area contributed by atoms with Crippen molar-refractivity contribution in [3.8, 4) is 0 Å². The van der Waals surface area contributed by atoms with Gasteiger partial charge >= 0.3 is 0 Å². The summed E-state index contributed by atoms with van der Waals surface area (Å²) in [4.78, 5) is 12.1. The molecule has 0 aliphatic carbocycles. The Bertz CT molecular complexity index is 439. The molecule has 3 nitrogen and oxygen atoms in total. The van der Waals surface area contributed by atoms with E-state index in [-0.39, 0.29) is 11.8 Å². The summed E-state index contributed by atoms with van der Waals surface area (Å²) in [5.41, 5.74) is 2.50. The summed E-state index contributed by atoms with van der Waals surface area (Å²) in [6.07, 6.45) is 0.991.